The van der Waals surface area contributed by atoms with Gasteiger partial charge < -0.3 is 0 Å². The first kappa shape index (κ1) is 79.8. The molecule has 0 aliphatic heterocycles. The third kappa shape index (κ3) is 13.4. The maximum absolute atomic E-state index is 5.26. The highest BCUT2D eigenvalue weighted by atomic mass is 14.7. The lowest BCUT2D eigenvalue weighted by Gasteiger charge is -2.23. The molecule has 2 aliphatic rings. The fraction of sp³-hybridized carbons (Fsp3) is 0.0451. The largest absolute Gasteiger partial charge is 0.248 e. The summed E-state index contributed by atoms with van der Waals surface area (Å²) in [7, 11) is 0. The first-order chi connectivity index (χ1) is 66.9. The fourth-order valence-corrected chi connectivity index (χ4v) is 22.4. The molecule has 3 heterocycles. The lowest BCUT2D eigenvalue weighted by Crippen LogP contribution is -2.15. The van der Waals surface area contributed by atoms with Crippen molar-refractivity contribution in [2.75, 3.05) is 0 Å². The minimum Gasteiger partial charge on any atom is -0.248 e. The summed E-state index contributed by atoms with van der Waals surface area (Å²) in [6.45, 7) is 9.48. The molecule has 136 heavy (non-hydrogen) atoms. The molecule has 0 radical (unpaired) electrons. The lowest BCUT2D eigenvalue weighted by atomic mass is 9.80. The van der Waals surface area contributed by atoms with Crippen molar-refractivity contribution in [2.24, 2.45) is 0 Å². The summed E-state index contributed by atoms with van der Waals surface area (Å²) < 4.78 is 0. The second kappa shape index (κ2) is 31.8. The average molecular weight is 1730 g/mol. The number of hydrogen-bond donors (Lipinski definition) is 0. The number of fused-ring (bicyclic) bond motifs is 25. The van der Waals surface area contributed by atoms with Crippen LogP contribution in [0.4, 0.5) is 0 Å². The van der Waals surface area contributed by atoms with E-state index in [2.05, 4.69) is 495 Å². The van der Waals surface area contributed by atoms with E-state index in [0.29, 0.717) is 0 Å². The predicted octanol–water partition coefficient (Wildman–Crippen LogP) is 36.2. The van der Waals surface area contributed by atoms with Crippen molar-refractivity contribution in [2.45, 2.75) is 38.5 Å². The van der Waals surface area contributed by atoms with Gasteiger partial charge in [0, 0.05) is 43.7 Å². The predicted molar refractivity (Wildman–Crippen MR) is 579 cm³/mol. The number of pyridine rings is 3. The number of hydrogen-bond acceptors (Lipinski definition) is 3. The van der Waals surface area contributed by atoms with Crippen molar-refractivity contribution in [1.82, 2.24) is 15.0 Å². The number of para-hydroxylation sites is 3. The Bertz CT molecular complexity index is 9420. The van der Waals surface area contributed by atoms with E-state index >= 15 is 0 Å². The van der Waals surface area contributed by atoms with Gasteiger partial charge in [-0.25, -0.2) is 15.0 Å². The summed E-state index contributed by atoms with van der Waals surface area (Å²) in [5.41, 5.74) is 32.2. The van der Waals surface area contributed by atoms with E-state index in [1.807, 2.05) is 0 Å². The Labute approximate surface area is 789 Å². The highest BCUT2D eigenvalue weighted by Crippen LogP contribution is 2.55. The molecule has 0 bridgehead atoms. The molecule has 26 aromatic rings. The van der Waals surface area contributed by atoms with Crippen molar-refractivity contribution in [3.05, 3.63) is 489 Å². The van der Waals surface area contributed by atoms with Crippen LogP contribution in [-0.2, 0) is 10.8 Å². The van der Waals surface area contributed by atoms with Gasteiger partial charge in [0.05, 0.1) is 33.6 Å². The number of benzene rings is 23. The van der Waals surface area contributed by atoms with Crippen LogP contribution in [-0.4, -0.2) is 15.0 Å². The molecule has 0 fully saturated rings. The van der Waals surface area contributed by atoms with E-state index in [1.54, 1.807) is 0 Å². The van der Waals surface area contributed by atoms with Gasteiger partial charge >= 0.3 is 0 Å². The second-order valence-electron chi connectivity index (χ2n) is 38.0. The first-order valence-electron chi connectivity index (χ1n) is 47.3. The van der Waals surface area contributed by atoms with Gasteiger partial charge in [0.25, 0.3) is 0 Å². The van der Waals surface area contributed by atoms with Crippen LogP contribution in [0.1, 0.15) is 49.9 Å². The standard InChI is InChI=1S/C47H35N.C45H27N.C41H27N/c1-46(2)40-25-32(17-19-34(40)38-21-28-11-5-7-13-30(28)23-42(38)46)37-27-45(48-44-16-10-9-15-36(37)44)33-18-20-35-39-22-29-12-6-8-14-31(29)24-43(39)47(3,4)41(35)26-33;1-3-15-34-30(11-1)32-13-5-7-17-36(32)42-25-28(21-23-38(34)42)41-27-45(46-44-20-10-9-19-40(41)44)29-22-24-39-35-16-4-2-12-31(35)33-14-6-8-18-37(33)43(39)26-29;1-3-9-34-25-36(23-17-28(34)7-1)30-13-19-32(20-14-30)39-27-41(42-40-12-6-5-11-38(39)40)33-21-15-31(16-22-33)37-24-18-29-8-2-4-10-35(29)26-37/h5-27H,1-4H3;1-27H;1-27H. The minimum atomic E-state index is -0.101. The molecule has 0 unspecified atom stereocenters. The molecule has 0 spiro atoms. The summed E-state index contributed by atoms with van der Waals surface area (Å²) in [5, 5.41) is 29.1. The molecule has 0 amide bonds. The van der Waals surface area contributed by atoms with Gasteiger partial charge in [-0.2, -0.15) is 0 Å². The number of rotatable bonds is 8. The maximum Gasteiger partial charge on any atom is 0.0716 e. The highest BCUT2D eigenvalue weighted by Gasteiger charge is 2.38. The molecule has 28 rings (SSSR count). The Morgan fingerprint density at radius 3 is 0.779 bits per heavy atom. The van der Waals surface area contributed by atoms with Crippen molar-refractivity contribution >= 4 is 140 Å². The van der Waals surface area contributed by atoms with E-state index < -0.39 is 0 Å². The topological polar surface area (TPSA) is 38.7 Å². The van der Waals surface area contributed by atoms with E-state index in [0.717, 1.165) is 61.1 Å². The summed E-state index contributed by atoms with van der Waals surface area (Å²) >= 11 is 0. The summed E-state index contributed by atoms with van der Waals surface area (Å²) in [4.78, 5) is 15.6. The molecule has 636 valence electrons. The van der Waals surface area contributed by atoms with Crippen LogP contribution in [0, 0.1) is 0 Å². The molecule has 3 nitrogen and oxygen atoms in total. The molecule has 23 aromatic carbocycles. The SMILES string of the molecule is CC1(C)c2cc(-c3cc(-c4ccc5c(c4)C(C)(C)c4cc6ccccc6cc4-5)c4ccccc4n3)ccc2-c2cc3ccccc3cc21.c1ccc2c(-c3ccc4c5ccccc5c5ccccc5c4c3)cc(-c3ccc4c5ccccc5c5ccccc5c4c3)nc2c1.c1ccc2cc(-c3ccc(-c4cc(-c5ccc(-c6ccc7ccccc7c6)cc5)c5ccccc5n4)cc3)ccc2c1. The van der Waals surface area contributed by atoms with Gasteiger partial charge in [-0.3, -0.25) is 0 Å². The van der Waals surface area contributed by atoms with Gasteiger partial charge in [-0.15, -0.1) is 0 Å². The van der Waals surface area contributed by atoms with E-state index in [-0.39, 0.29) is 10.8 Å². The first-order valence-corrected chi connectivity index (χ1v) is 47.3. The van der Waals surface area contributed by atoms with Crippen LogP contribution in [0.15, 0.2) is 467 Å². The van der Waals surface area contributed by atoms with Crippen LogP contribution in [0.25, 0.3) is 252 Å². The van der Waals surface area contributed by atoms with Gasteiger partial charge in [0.15, 0.2) is 0 Å². The second-order valence-corrected chi connectivity index (χ2v) is 38.0. The lowest BCUT2D eigenvalue weighted by molar-refractivity contribution is 0.661. The van der Waals surface area contributed by atoms with Crippen molar-refractivity contribution in [3.63, 3.8) is 0 Å². The quantitative estimate of drug-likeness (QED) is 0.142. The molecule has 3 heteroatoms. The normalized spacial score (nSPS) is 12.8. The highest BCUT2D eigenvalue weighted by molar-refractivity contribution is 6.27. The molecule has 0 N–H and O–H groups in total. The third-order valence-electron chi connectivity index (χ3n) is 29.5. The summed E-state index contributed by atoms with van der Waals surface area (Å²) in [6, 6.07) is 170. The summed E-state index contributed by atoms with van der Waals surface area (Å²) in [6.07, 6.45) is 0. The molecular weight excluding hydrogens is 1640 g/mol. The van der Waals surface area contributed by atoms with E-state index in [1.165, 1.54) is 213 Å². The Balaban J connectivity index is 0.000000106. The fourth-order valence-electron chi connectivity index (χ4n) is 22.4. The Morgan fingerprint density at radius 1 is 0.132 bits per heavy atom. The van der Waals surface area contributed by atoms with Crippen molar-refractivity contribution < 1.29 is 0 Å². The van der Waals surface area contributed by atoms with Gasteiger partial charge in [0.2, 0.25) is 0 Å². The zero-order valence-corrected chi connectivity index (χ0v) is 75.8. The Kier molecular flexibility index (Phi) is 18.7. The van der Waals surface area contributed by atoms with Crippen LogP contribution in [0.2, 0.25) is 0 Å². The van der Waals surface area contributed by atoms with Crippen LogP contribution in [0.5, 0.6) is 0 Å². The maximum atomic E-state index is 5.26. The van der Waals surface area contributed by atoms with Gasteiger partial charge in [-0.1, -0.05) is 398 Å². The zero-order chi connectivity index (χ0) is 90.4. The number of aromatic nitrogens is 3. The van der Waals surface area contributed by atoms with Crippen molar-refractivity contribution in [1.29, 1.82) is 0 Å². The van der Waals surface area contributed by atoms with Crippen LogP contribution >= 0.6 is 0 Å². The Morgan fingerprint density at radius 2 is 0.375 bits per heavy atom. The van der Waals surface area contributed by atoms with Gasteiger partial charge in [0.1, 0.15) is 0 Å². The van der Waals surface area contributed by atoms with E-state index in [4.69, 9.17) is 15.0 Å². The summed E-state index contributed by atoms with van der Waals surface area (Å²) in [5.74, 6) is 0. The molecule has 0 saturated heterocycles. The van der Waals surface area contributed by atoms with E-state index in [9.17, 15) is 0 Å². The monoisotopic (exact) mass is 1730 g/mol. The zero-order valence-electron chi connectivity index (χ0n) is 75.8. The Hall–Kier alpha value is -17.1. The average Bonchev–Trinajstić information content (AvgIpc) is 1.55. The van der Waals surface area contributed by atoms with Crippen LogP contribution in [0.3, 0.4) is 0 Å². The molecule has 2 aliphatic carbocycles. The van der Waals surface area contributed by atoms with Gasteiger partial charge in [-0.05, 0) is 305 Å². The molecule has 0 atom stereocenters. The smallest absolute Gasteiger partial charge is 0.0716 e. The third-order valence-corrected chi connectivity index (χ3v) is 29.5. The molecule has 3 aromatic heterocycles. The number of nitrogens with zero attached hydrogens (tertiary/aromatic N) is 3. The van der Waals surface area contributed by atoms with Crippen molar-refractivity contribution in [3.8, 4) is 112 Å². The molecular formula is C133H89N3. The minimum absolute atomic E-state index is 0.0955. The molecule has 0 saturated carbocycles. The van der Waals surface area contributed by atoms with Crippen LogP contribution < -0.4 is 0 Å².